The van der Waals surface area contributed by atoms with Gasteiger partial charge in [0.05, 0.1) is 22.2 Å². The highest BCUT2D eigenvalue weighted by atomic mass is 35.5. The molecule has 30 heavy (non-hydrogen) atoms. The molecule has 1 amide bonds. The third-order valence-corrected chi connectivity index (χ3v) is 5.78. The molecule has 0 radical (unpaired) electrons. The molecule has 7 heteroatoms. The molecule has 3 aromatic rings. The number of carbonyl (C=O) groups is 1. The maximum Gasteiger partial charge on any atom is 0.257 e. The number of halogens is 2. The van der Waals surface area contributed by atoms with Crippen molar-refractivity contribution in [3.8, 4) is 0 Å². The smallest absolute Gasteiger partial charge is 0.257 e. The Labute approximate surface area is 185 Å². The van der Waals surface area contributed by atoms with Crippen LogP contribution in [-0.4, -0.2) is 18.0 Å². The van der Waals surface area contributed by atoms with Gasteiger partial charge in [-0.1, -0.05) is 59.6 Å². The summed E-state index contributed by atoms with van der Waals surface area (Å²) in [6, 6.07) is 17.3. The molecule has 5 nitrogen and oxygen atoms in total. The highest BCUT2D eigenvalue weighted by Gasteiger charge is 2.35. The van der Waals surface area contributed by atoms with Crippen LogP contribution in [0.3, 0.4) is 0 Å². The number of carbonyl (C=O) groups excluding carboxylic acids is 1. The number of nitrogens with one attached hydrogen (secondary N) is 1. The van der Waals surface area contributed by atoms with Crippen molar-refractivity contribution in [2.45, 2.75) is 26.2 Å². The normalized spacial score (nSPS) is 15.7. The molecule has 154 valence electrons. The SMILES string of the molecule is COCc1cc(C)nc2c1C(=O)N[C@@H](c1ccc(Cl)c(Cl)c1)N2Cc1ccccc1. The molecule has 1 aliphatic heterocycles. The van der Waals surface area contributed by atoms with Crippen molar-refractivity contribution < 1.29 is 9.53 Å². The van der Waals surface area contributed by atoms with Gasteiger partial charge in [-0.25, -0.2) is 4.98 Å². The summed E-state index contributed by atoms with van der Waals surface area (Å²) in [5.41, 5.74) is 4.09. The zero-order valence-electron chi connectivity index (χ0n) is 16.7. The van der Waals surface area contributed by atoms with Gasteiger partial charge in [0.2, 0.25) is 0 Å². The van der Waals surface area contributed by atoms with E-state index in [2.05, 4.69) is 10.2 Å². The van der Waals surface area contributed by atoms with Gasteiger partial charge in [0.1, 0.15) is 12.0 Å². The first-order valence-corrected chi connectivity index (χ1v) is 10.3. The molecule has 1 N–H and O–H groups in total. The third-order valence-electron chi connectivity index (χ3n) is 5.04. The van der Waals surface area contributed by atoms with E-state index >= 15 is 0 Å². The number of aromatic nitrogens is 1. The van der Waals surface area contributed by atoms with Crippen LogP contribution in [-0.2, 0) is 17.9 Å². The first kappa shape index (κ1) is 20.7. The van der Waals surface area contributed by atoms with Gasteiger partial charge in [0.25, 0.3) is 5.91 Å². The highest BCUT2D eigenvalue weighted by Crippen LogP contribution is 2.37. The Morgan fingerprint density at radius 2 is 1.87 bits per heavy atom. The van der Waals surface area contributed by atoms with Crippen LogP contribution in [0, 0.1) is 6.92 Å². The van der Waals surface area contributed by atoms with Crippen LogP contribution in [0.5, 0.6) is 0 Å². The second-order valence-electron chi connectivity index (χ2n) is 7.22. The lowest BCUT2D eigenvalue weighted by molar-refractivity contribution is 0.0919. The molecule has 4 rings (SSSR count). The lowest BCUT2D eigenvalue weighted by Gasteiger charge is -2.39. The second-order valence-corrected chi connectivity index (χ2v) is 8.03. The van der Waals surface area contributed by atoms with E-state index in [4.69, 9.17) is 32.9 Å². The summed E-state index contributed by atoms with van der Waals surface area (Å²) in [5, 5.41) is 4.02. The van der Waals surface area contributed by atoms with Crippen molar-refractivity contribution in [1.82, 2.24) is 10.3 Å². The average Bonchev–Trinajstić information content (AvgIpc) is 2.72. The van der Waals surface area contributed by atoms with E-state index in [1.54, 1.807) is 19.2 Å². The summed E-state index contributed by atoms with van der Waals surface area (Å²) < 4.78 is 5.33. The molecule has 0 spiro atoms. The quantitative estimate of drug-likeness (QED) is 0.583. The monoisotopic (exact) mass is 441 g/mol. The highest BCUT2D eigenvalue weighted by molar-refractivity contribution is 6.42. The van der Waals surface area contributed by atoms with Crippen LogP contribution < -0.4 is 10.2 Å². The minimum Gasteiger partial charge on any atom is -0.380 e. The molecule has 1 atom stereocenters. The molecule has 1 aliphatic rings. The fourth-order valence-corrected chi connectivity index (χ4v) is 4.04. The van der Waals surface area contributed by atoms with Gasteiger partial charge in [0, 0.05) is 19.3 Å². The fourth-order valence-electron chi connectivity index (χ4n) is 3.74. The van der Waals surface area contributed by atoms with E-state index in [1.807, 2.05) is 49.4 Å². The van der Waals surface area contributed by atoms with Gasteiger partial charge in [-0.3, -0.25) is 4.79 Å². The van der Waals surface area contributed by atoms with E-state index in [0.717, 1.165) is 22.4 Å². The summed E-state index contributed by atoms with van der Waals surface area (Å²) in [6.45, 7) is 2.80. The van der Waals surface area contributed by atoms with E-state index in [0.29, 0.717) is 34.6 Å². The number of hydrogen-bond donors (Lipinski definition) is 1. The van der Waals surface area contributed by atoms with Gasteiger partial charge in [-0.15, -0.1) is 0 Å². The molecule has 2 aromatic carbocycles. The summed E-state index contributed by atoms with van der Waals surface area (Å²) in [6.07, 6.45) is -0.440. The standard InChI is InChI=1S/C23H21Cl2N3O2/c1-14-10-17(13-30-2)20-22(26-14)28(12-15-6-4-3-5-7-15)21(27-23(20)29)16-8-9-18(24)19(25)11-16/h3-11,21H,12-13H2,1-2H3,(H,27,29)/t21-/m1/s1. The number of rotatable bonds is 5. The average molecular weight is 442 g/mol. The van der Waals surface area contributed by atoms with Crippen molar-refractivity contribution in [2.75, 3.05) is 12.0 Å². The summed E-state index contributed by atoms with van der Waals surface area (Å²) >= 11 is 12.4. The van der Waals surface area contributed by atoms with Gasteiger partial charge in [0.15, 0.2) is 0 Å². The molecule has 1 aromatic heterocycles. The van der Waals surface area contributed by atoms with Gasteiger partial charge < -0.3 is 15.0 Å². The lowest BCUT2D eigenvalue weighted by Crippen LogP contribution is -2.47. The molecule has 2 heterocycles. The number of benzene rings is 2. The number of anilines is 1. The molecular formula is C23H21Cl2N3O2. The Bertz CT molecular complexity index is 1090. The number of hydrogen-bond acceptors (Lipinski definition) is 4. The fraction of sp³-hybridized carbons (Fsp3) is 0.217. The molecular weight excluding hydrogens is 421 g/mol. The Kier molecular flexibility index (Phi) is 5.95. The van der Waals surface area contributed by atoms with Gasteiger partial charge in [-0.05, 0) is 41.8 Å². The van der Waals surface area contributed by atoms with Crippen LogP contribution in [0.4, 0.5) is 5.82 Å². The van der Waals surface area contributed by atoms with Crippen LogP contribution in [0.15, 0.2) is 54.6 Å². The second kappa shape index (κ2) is 8.64. The van der Waals surface area contributed by atoms with Crippen molar-refractivity contribution in [1.29, 1.82) is 0 Å². The summed E-state index contributed by atoms with van der Waals surface area (Å²) in [7, 11) is 1.61. The molecule has 0 aliphatic carbocycles. The lowest BCUT2D eigenvalue weighted by atomic mass is 10.0. The van der Waals surface area contributed by atoms with Crippen molar-refractivity contribution in [3.05, 3.63) is 92.6 Å². The molecule has 0 saturated heterocycles. The Balaban J connectivity index is 1.87. The first-order chi connectivity index (χ1) is 14.5. The van der Waals surface area contributed by atoms with Crippen LogP contribution in [0.1, 0.15) is 38.9 Å². The topological polar surface area (TPSA) is 54.5 Å². The minimum absolute atomic E-state index is 0.190. The predicted octanol–water partition coefficient (Wildman–Crippen LogP) is 5.29. The van der Waals surface area contributed by atoms with Gasteiger partial charge >= 0.3 is 0 Å². The third kappa shape index (κ3) is 4.01. The maximum absolute atomic E-state index is 13.1. The maximum atomic E-state index is 13.1. The summed E-state index contributed by atoms with van der Waals surface area (Å²) in [5.74, 6) is 0.440. The van der Waals surface area contributed by atoms with Crippen LogP contribution >= 0.6 is 23.2 Å². The Morgan fingerprint density at radius 1 is 1.10 bits per heavy atom. The predicted molar refractivity (Wildman–Crippen MR) is 119 cm³/mol. The van der Waals surface area contributed by atoms with Crippen molar-refractivity contribution >= 4 is 34.9 Å². The number of pyridine rings is 1. The largest absolute Gasteiger partial charge is 0.380 e. The van der Waals surface area contributed by atoms with Crippen LogP contribution in [0.25, 0.3) is 0 Å². The van der Waals surface area contributed by atoms with E-state index in [9.17, 15) is 4.79 Å². The number of amides is 1. The Morgan fingerprint density at radius 3 is 2.57 bits per heavy atom. The summed E-state index contributed by atoms with van der Waals surface area (Å²) in [4.78, 5) is 20.0. The Hall–Kier alpha value is -2.60. The van der Waals surface area contributed by atoms with E-state index in [1.165, 1.54) is 0 Å². The number of ether oxygens (including phenoxy) is 1. The number of fused-ring (bicyclic) bond motifs is 1. The molecule has 0 fully saturated rings. The zero-order valence-corrected chi connectivity index (χ0v) is 18.2. The number of aryl methyl sites for hydroxylation is 1. The minimum atomic E-state index is -0.440. The molecule has 0 unspecified atom stereocenters. The van der Waals surface area contributed by atoms with Crippen molar-refractivity contribution in [3.63, 3.8) is 0 Å². The zero-order chi connectivity index (χ0) is 21.3. The van der Waals surface area contributed by atoms with E-state index < -0.39 is 6.17 Å². The number of methoxy groups -OCH3 is 1. The molecule has 0 bridgehead atoms. The van der Waals surface area contributed by atoms with E-state index in [-0.39, 0.29) is 5.91 Å². The number of nitrogens with zero attached hydrogens (tertiary/aromatic N) is 2. The van der Waals surface area contributed by atoms with Gasteiger partial charge in [-0.2, -0.15) is 0 Å². The first-order valence-electron chi connectivity index (χ1n) is 9.53. The van der Waals surface area contributed by atoms with Crippen LogP contribution in [0.2, 0.25) is 10.0 Å². The van der Waals surface area contributed by atoms with Crippen molar-refractivity contribution in [2.24, 2.45) is 0 Å². The molecule has 0 saturated carbocycles.